The molecule has 59 heavy (non-hydrogen) atoms. The minimum atomic E-state index is -0.799. The van der Waals surface area contributed by atoms with Crippen LogP contribution in [0.2, 0.25) is 0 Å². The monoisotopic (exact) mass is 821 g/mol. The molecule has 0 spiro atoms. The summed E-state index contributed by atoms with van der Waals surface area (Å²) in [7, 11) is 0. The molecule has 336 valence electrons. The van der Waals surface area contributed by atoms with Crippen LogP contribution in [0.15, 0.2) is 85.1 Å². The molecule has 0 aromatic rings. The molecule has 0 bridgehead atoms. The van der Waals surface area contributed by atoms with E-state index in [9.17, 15) is 14.4 Å². The fraction of sp³-hybridized carbons (Fsp3) is 0.679. The van der Waals surface area contributed by atoms with Gasteiger partial charge >= 0.3 is 17.9 Å². The molecule has 0 aromatic carbocycles. The number of allylic oxidation sites excluding steroid dienone is 14. The third-order valence-electron chi connectivity index (χ3n) is 9.99. The summed E-state index contributed by atoms with van der Waals surface area (Å²) in [4.78, 5) is 37.8. The Hall–Kier alpha value is -3.41. The third kappa shape index (κ3) is 45.5. The molecule has 0 radical (unpaired) electrons. The van der Waals surface area contributed by atoms with E-state index in [1.54, 1.807) is 0 Å². The van der Waals surface area contributed by atoms with Crippen molar-refractivity contribution in [3.63, 3.8) is 0 Å². The number of rotatable bonds is 42. The minimum Gasteiger partial charge on any atom is -0.462 e. The van der Waals surface area contributed by atoms with Gasteiger partial charge in [-0.05, 0) is 70.6 Å². The Morgan fingerprint density at radius 2 is 0.746 bits per heavy atom. The van der Waals surface area contributed by atoms with E-state index in [-0.39, 0.29) is 31.1 Å². The van der Waals surface area contributed by atoms with Crippen LogP contribution in [0.5, 0.6) is 0 Å². The van der Waals surface area contributed by atoms with Crippen molar-refractivity contribution in [3.05, 3.63) is 85.1 Å². The second-order valence-electron chi connectivity index (χ2n) is 15.7. The van der Waals surface area contributed by atoms with Crippen LogP contribution in [0.1, 0.15) is 213 Å². The molecule has 1 atom stereocenters. The molecule has 0 heterocycles. The Balaban J connectivity index is 4.47. The number of carbonyl (C=O) groups excluding carboxylic acids is 3. The number of ether oxygens (including phenoxy) is 3. The largest absolute Gasteiger partial charge is 0.462 e. The van der Waals surface area contributed by atoms with Gasteiger partial charge in [-0.25, -0.2) is 0 Å². The summed E-state index contributed by atoms with van der Waals surface area (Å²) in [6.45, 7) is 6.32. The van der Waals surface area contributed by atoms with Gasteiger partial charge in [0, 0.05) is 19.3 Å². The van der Waals surface area contributed by atoms with Crippen LogP contribution in [0, 0.1) is 0 Å². The normalized spacial score (nSPS) is 12.8. The Morgan fingerprint density at radius 3 is 1.27 bits per heavy atom. The van der Waals surface area contributed by atoms with Crippen molar-refractivity contribution in [3.8, 4) is 0 Å². The second-order valence-corrected chi connectivity index (χ2v) is 15.7. The first-order valence-electron chi connectivity index (χ1n) is 24.1. The fourth-order valence-corrected chi connectivity index (χ4v) is 6.41. The zero-order valence-electron chi connectivity index (χ0n) is 38.2. The maximum Gasteiger partial charge on any atom is 0.306 e. The van der Waals surface area contributed by atoms with E-state index in [1.165, 1.54) is 70.6 Å². The molecule has 0 saturated heterocycles. The van der Waals surface area contributed by atoms with Crippen LogP contribution in [0.4, 0.5) is 0 Å². The van der Waals surface area contributed by atoms with Crippen molar-refractivity contribution in [2.45, 2.75) is 219 Å². The lowest BCUT2D eigenvalue weighted by atomic mass is 10.0. The van der Waals surface area contributed by atoms with E-state index in [0.717, 1.165) is 103 Å². The number of unbranched alkanes of at least 4 members (excludes halogenated alkanes) is 20. The zero-order chi connectivity index (χ0) is 43.0. The van der Waals surface area contributed by atoms with E-state index in [2.05, 4.69) is 81.5 Å². The highest BCUT2D eigenvalue weighted by Gasteiger charge is 2.19. The number of carbonyl (C=O) groups is 3. The van der Waals surface area contributed by atoms with Crippen molar-refractivity contribution in [2.75, 3.05) is 13.2 Å². The highest BCUT2D eigenvalue weighted by atomic mass is 16.6. The molecule has 1 unspecified atom stereocenters. The summed E-state index contributed by atoms with van der Waals surface area (Å²) >= 11 is 0. The highest BCUT2D eigenvalue weighted by Crippen LogP contribution is 2.15. The zero-order valence-corrected chi connectivity index (χ0v) is 38.2. The summed E-state index contributed by atoms with van der Waals surface area (Å²) < 4.78 is 16.7. The summed E-state index contributed by atoms with van der Waals surface area (Å²) in [5, 5.41) is 0. The Bertz CT molecular complexity index is 1170. The highest BCUT2D eigenvalue weighted by molar-refractivity contribution is 5.71. The summed E-state index contributed by atoms with van der Waals surface area (Å²) in [5.41, 5.74) is 0. The van der Waals surface area contributed by atoms with Gasteiger partial charge in [-0.2, -0.15) is 0 Å². The van der Waals surface area contributed by atoms with Crippen LogP contribution in [-0.2, 0) is 28.6 Å². The Kier molecular flexibility index (Phi) is 44.5. The van der Waals surface area contributed by atoms with E-state index >= 15 is 0 Å². The van der Waals surface area contributed by atoms with Gasteiger partial charge < -0.3 is 14.2 Å². The van der Waals surface area contributed by atoms with Gasteiger partial charge in [0.2, 0.25) is 0 Å². The molecule has 6 heteroatoms. The first-order chi connectivity index (χ1) is 29.0. The maximum atomic E-state index is 12.8. The van der Waals surface area contributed by atoms with Crippen molar-refractivity contribution in [1.82, 2.24) is 0 Å². The molecular weight excluding hydrogens is 733 g/mol. The van der Waals surface area contributed by atoms with Crippen LogP contribution in [0.3, 0.4) is 0 Å². The molecular formula is C53H88O6. The molecule has 0 fully saturated rings. The third-order valence-corrected chi connectivity index (χ3v) is 9.99. The van der Waals surface area contributed by atoms with Crippen molar-refractivity contribution >= 4 is 17.9 Å². The lowest BCUT2D eigenvalue weighted by molar-refractivity contribution is -0.167. The van der Waals surface area contributed by atoms with Crippen molar-refractivity contribution in [1.29, 1.82) is 0 Å². The van der Waals surface area contributed by atoms with Gasteiger partial charge in [0.05, 0.1) is 0 Å². The lowest BCUT2D eigenvalue weighted by Gasteiger charge is -2.18. The Morgan fingerprint density at radius 1 is 0.373 bits per heavy atom. The van der Waals surface area contributed by atoms with E-state index < -0.39 is 6.10 Å². The van der Waals surface area contributed by atoms with E-state index in [1.807, 2.05) is 24.3 Å². The summed E-state index contributed by atoms with van der Waals surface area (Å²) in [6, 6.07) is 0. The predicted molar refractivity (Wildman–Crippen MR) is 251 cm³/mol. The minimum absolute atomic E-state index is 0.100. The molecule has 0 saturated carbocycles. The number of hydrogen-bond donors (Lipinski definition) is 0. The smallest absolute Gasteiger partial charge is 0.306 e. The van der Waals surface area contributed by atoms with Crippen LogP contribution < -0.4 is 0 Å². The van der Waals surface area contributed by atoms with Gasteiger partial charge in [-0.1, -0.05) is 209 Å². The molecule has 0 amide bonds. The van der Waals surface area contributed by atoms with Gasteiger partial charge in [-0.15, -0.1) is 0 Å². The van der Waals surface area contributed by atoms with Gasteiger partial charge in [0.25, 0.3) is 0 Å². The summed E-state index contributed by atoms with van der Waals surface area (Å²) in [5.74, 6) is -0.964. The molecule has 0 rings (SSSR count). The Labute approximate surface area is 363 Å². The second kappa shape index (κ2) is 47.3. The number of esters is 3. The SMILES string of the molecule is CC\C=C/C=C\C=C/C=C\CCCCCCCC(=O)OCC(COC(=O)CCCC/C=C\C/C=C\C/C=C\CC)OC(=O)CCCCCCCCCCCCCCCC. The maximum absolute atomic E-state index is 12.8. The first-order valence-corrected chi connectivity index (χ1v) is 24.1. The molecule has 0 aliphatic carbocycles. The van der Waals surface area contributed by atoms with Crippen LogP contribution in [-0.4, -0.2) is 37.2 Å². The predicted octanol–water partition coefficient (Wildman–Crippen LogP) is 15.6. The average Bonchev–Trinajstić information content (AvgIpc) is 3.23. The van der Waals surface area contributed by atoms with Gasteiger partial charge in [0.1, 0.15) is 13.2 Å². The van der Waals surface area contributed by atoms with Gasteiger partial charge in [-0.3, -0.25) is 14.4 Å². The number of hydrogen-bond acceptors (Lipinski definition) is 6. The fourth-order valence-electron chi connectivity index (χ4n) is 6.41. The molecule has 0 aliphatic heterocycles. The van der Waals surface area contributed by atoms with Gasteiger partial charge in [0.15, 0.2) is 6.10 Å². The molecule has 0 aromatic heterocycles. The quantitative estimate of drug-likeness (QED) is 0.0201. The standard InChI is InChI=1S/C53H88O6/c1-4-7-10-13-16-19-22-25-27-29-31-34-37-40-43-46-52(55)58-49-50(48-57-51(54)45-42-39-36-33-30-24-21-18-15-12-9-6-3)59-53(56)47-44-41-38-35-32-28-26-23-20-17-14-11-8-5-2/h7,9-10,12-13,16,18-19,21-22,25,27,30,33,50H,4-6,8,11,14-15,17,20,23-24,26,28-29,31-32,34-49H2,1-3H3/b10-7-,12-9-,16-13-,21-18-,22-19-,27-25-,33-30-. The van der Waals surface area contributed by atoms with E-state index in [4.69, 9.17) is 14.2 Å². The van der Waals surface area contributed by atoms with Crippen molar-refractivity contribution < 1.29 is 28.6 Å². The molecule has 0 N–H and O–H groups in total. The average molecular weight is 821 g/mol. The van der Waals surface area contributed by atoms with Crippen LogP contribution in [0.25, 0.3) is 0 Å². The lowest BCUT2D eigenvalue weighted by Crippen LogP contribution is -2.30. The van der Waals surface area contributed by atoms with Crippen molar-refractivity contribution in [2.24, 2.45) is 0 Å². The van der Waals surface area contributed by atoms with Crippen LogP contribution >= 0.6 is 0 Å². The molecule has 0 aliphatic rings. The first kappa shape index (κ1) is 55.6. The molecule has 6 nitrogen and oxygen atoms in total. The van der Waals surface area contributed by atoms with E-state index in [0.29, 0.717) is 19.3 Å². The topological polar surface area (TPSA) is 78.9 Å². The summed E-state index contributed by atoms with van der Waals surface area (Å²) in [6.07, 6.45) is 59.9.